The number of carbonyl (C=O) groups excluding carboxylic acids is 1. The molecule has 0 aromatic heterocycles. The number of hydrogen-bond donors (Lipinski definition) is 3. The number of methoxy groups -OCH3 is 2. The average Bonchev–Trinajstić information content (AvgIpc) is 2.50. The minimum atomic E-state index is -0.541. The largest absolute Gasteiger partial charge is 0.506 e. The number of ether oxygens (including phenoxy) is 2. The van der Waals surface area contributed by atoms with Crippen LogP contribution in [0.5, 0.6) is 17.2 Å². The van der Waals surface area contributed by atoms with Crippen LogP contribution in [0.2, 0.25) is 5.02 Å². The number of halogens is 1. The molecule has 0 fully saturated rings. The Morgan fingerprint density at radius 2 is 1.68 bits per heavy atom. The van der Waals surface area contributed by atoms with Gasteiger partial charge in [0.15, 0.2) is 0 Å². The summed E-state index contributed by atoms with van der Waals surface area (Å²) in [5.41, 5.74) is 0.666. The summed E-state index contributed by atoms with van der Waals surface area (Å²) in [6.45, 7) is 0. The molecule has 0 saturated carbocycles. The third-order valence-electron chi connectivity index (χ3n) is 2.87. The number of carbonyl (C=O) groups is 1. The molecular formula is C15H15ClN2O4. The molecule has 0 heterocycles. The van der Waals surface area contributed by atoms with Crippen molar-refractivity contribution in [1.82, 2.24) is 0 Å². The number of aromatic hydroxyl groups is 1. The van der Waals surface area contributed by atoms with Crippen LogP contribution in [0.15, 0.2) is 36.4 Å². The van der Waals surface area contributed by atoms with Crippen LogP contribution in [-0.2, 0) is 0 Å². The topological polar surface area (TPSA) is 79.8 Å². The smallest absolute Gasteiger partial charge is 0.323 e. The minimum absolute atomic E-state index is 0.0302. The van der Waals surface area contributed by atoms with Crippen molar-refractivity contribution < 1.29 is 19.4 Å². The van der Waals surface area contributed by atoms with Crippen molar-refractivity contribution in [3.8, 4) is 17.2 Å². The van der Waals surface area contributed by atoms with E-state index < -0.39 is 6.03 Å². The van der Waals surface area contributed by atoms with Gasteiger partial charge in [0.2, 0.25) is 0 Å². The van der Waals surface area contributed by atoms with E-state index in [4.69, 9.17) is 21.1 Å². The summed E-state index contributed by atoms with van der Waals surface area (Å²) in [5.74, 6) is 0.802. The minimum Gasteiger partial charge on any atom is -0.506 e. The van der Waals surface area contributed by atoms with E-state index in [1.54, 1.807) is 24.3 Å². The summed E-state index contributed by atoms with van der Waals surface area (Å²) in [4.78, 5) is 12.0. The van der Waals surface area contributed by atoms with Gasteiger partial charge in [-0.25, -0.2) is 4.79 Å². The monoisotopic (exact) mass is 322 g/mol. The van der Waals surface area contributed by atoms with Gasteiger partial charge < -0.3 is 25.2 Å². The van der Waals surface area contributed by atoms with Crippen LogP contribution < -0.4 is 20.1 Å². The van der Waals surface area contributed by atoms with Gasteiger partial charge in [0, 0.05) is 6.07 Å². The van der Waals surface area contributed by atoms with Crippen LogP contribution in [0.4, 0.5) is 16.2 Å². The van der Waals surface area contributed by atoms with E-state index in [-0.39, 0.29) is 5.75 Å². The predicted octanol–water partition coefficient (Wildman–Crippen LogP) is 3.71. The summed E-state index contributed by atoms with van der Waals surface area (Å²) in [6.07, 6.45) is 0. The molecule has 3 N–H and O–H groups in total. The lowest BCUT2D eigenvalue weighted by atomic mass is 10.2. The van der Waals surface area contributed by atoms with Crippen molar-refractivity contribution in [1.29, 1.82) is 0 Å². The number of para-hydroxylation sites is 2. The first-order valence-electron chi connectivity index (χ1n) is 6.32. The molecule has 0 unspecified atom stereocenters. The fraction of sp³-hybridized carbons (Fsp3) is 0.133. The second-order valence-electron chi connectivity index (χ2n) is 4.28. The summed E-state index contributed by atoms with van der Waals surface area (Å²) in [6, 6.07) is 8.95. The molecule has 0 saturated heterocycles. The first-order valence-corrected chi connectivity index (χ1v) is 6.70. The third-order valence-corrected chi connectivity index (χ3v) is 3.17. The molecule has 7 heteroatoms. The van der Waals surface area contributed by atoms with Crippen LogP contribution >= 0.6 is 11.6 Å². The van der Waals surface area contributed by atoms with Gasteiger partial charge in [-0.3, -0.25) is 0 Å². The summed E-state index contributed by atoms with van der Waals surface area (Å²) in [5, 5.41) is 15.1. The number of amides is 2. The second-order valence-corrected chi connectivity index (χ2v) is 4.69. The molecule has 0 spiro atoms. The van der Waals surface area contributed by atoms with Gasteiger partial charge in [0.1, 0.15) is 17.2 Å². The highest BCUT2D eigenvalue weighted by atomic mass is 35.5. The number of anilines is 2. The molecule has 0 atom stereocenters. The Kier molecular flexibility index (Phi) is 4.95. The van der Waals surface area contributed by atoms with Gasteiger partial charge in [0.25, 0.3) is 0 Å². The zero-order valence-electron chi connectivity index (χ0n) is 12.0. The normalized spacial score (nSPS) is 9.95. The zero-order valence-corrected chi connectivity index (χ0v) is 12.8. The van der Waals surface area contributed by atoms with E-state index in [0.717, 1.165) is 0 Å². The number of phenolic OH excluding ortho intramolecular Hbond substituents is 1. The number of nitrogens with one attached hydrogen (secondary N) is 2. The molecule has 0 radical (unpaired) electrons. The summed E-state index contributed by atoms with van der Waals surface area (Å²) in [7, 11) is 2.95. The molecule has 0 aliphatic carbocycles. The van der Waals surface area contributed by atoms with Crippen LogP contribution in [0, 0.1) is 0 Å². The summed E-state index contributed by atoms with van der Waals surface area (Å²) < 4.78 is 10.3. The van der Waals surface area contributed by atoms with Crippen LogP contribution in [0.3, 0.4) is 0 Å². The van der Waals surface area contributed by atoms with Crippen molar-refractivity contribution >= 4 is 29.0 Å². The van der Waals surface area contributed by atoms with Crippen LogP contribution in [0.1, 0.15) is 0 Å². The Morgan fingerprint density at radius 3 is 2.32 bits per heavy atom. The Hall–Kier alpha value is -2.60. The van der Waals surface area contributed by atoms with E-state index in [1.807, 2.05) is 0 Å². The number of phenols is 1. The molecule has 2 aromatic rings. The van der Waals surface area contributed by atoms with Gasteiger partial charge in [0.05, 0.1) is 30.6 Å². The van der Waals surface area contributed by atoms with E-state index in [0.29, 0.717) is 27.9 Å². The molecular weight excluding hydrogens is 308 g/mol. The van der Waals surface area contributed by atoms with E-state index in [9.17, 15) is 9.90 Å². The maximum absolute atomic E-state index is 12.0. The number of urea groups is 1. The summed E-state index contributed by atoms with van der Waals surface area (Å²) >= 11 is 6.04. The molecule has 2 aromatic carbocycles. The second kappa shape index (κ2) is 6.91. The third kappa shape index (κ3) is 3.53. The lowest BCUT2D eigenvalue weighted by Crippen LogP contribution is -2.19. The molecule has 0 aliphatic rings. The SMILES string of the molecule is COc1cc(OC)c(NC(=O)Nc2ccccc2O)cc1Cl. The molecule has 0 aliphatic heterocycles. The Balaban J connectivity index is 2.18. The van der Waals surface area contributed by atoms with Crippen molar-refractivity contribution in [2.45, 2.75) is 0 Å². The molecule has 0 bridgehead atoms. The Bertz CT molecular complexity index is 691. The number of benzene rings is 2. The van der Waals surface area contributed by atoms with E-state index in [2.05, 4.69) is 10.6 Å². The first kappa shape index (κ1) is 15.8. The molecule has 22 heavy (non-hydrogen) atoms. The highest BCUT2D eigenvalue weighted by molar-refractivity contribution is 6.32. The van der Waals surface area contributed by atoms with Crippen molar-refractivity contribution in [2.75, 3.05) is 24.9 Å². The van der Waals surface area contributed by atoms with Crippen LogP contribution in [0.25, 0.3) is 0 Å². The molecule has 2 rings (SSSR count). The lowest BCUT2D eigenvalue weighted by Gasteiger charge is -2.14. The quantitative estimate of drug-likeness (QED) is 0.750. The highest BCUT2D eigenvalue weighted by Crippen LogP contribution is 2.36. The average molecular weight is 323 g/mol. The standard InChI is InChI=1S/C15H15ClN2O4/c1-21-13-8-14(22-2)11(7-9(13)16)18-15(20)17-10-5-3-4-6-12(10)19/h3-8,19H,1-2H3,(H2,17,18,20). The fourth-order valence-electron chi connectivity index (χ4n) is 1.81. The maximum Gasteiger partial charge on any atom is 0.323 e. The maximum atomic E-state index is 12.0. The Morgan fingerprint density at radius 1 is 1.05 bits per heavy atom. The fourth-order valence-corrected chi connectivity index (χ4v) is 2.05. The zero-order chi connectivity index (χ0) is 16.1. The van der Waals surface area contributed by atoms with Gasteiger partial charge >= 0.3 is 6.03 Å². The van der Waals surface area contributed by atoms with Crippen molar-refractivity contribution in [3.05, 3.63) is 41.4 Å². The van der Waals surface area contributed by atoms with Crippen LogP contribution in [-0.4, -0.2) is 25.4 Å². The van der Waals surface area contributed by atoms with E-state index >= 15 is 0 Å². The highest BCUT2D eigenvalue weighted by Gasteiger charge is 2.13. The van der Waals surface area contributed by atoms with Gasteiger partial charge in [-0.1, -0.05) is 23.7 Å². The predicted molar refractivity (Wildman–Crippen MR) is 85.3 cm³/mol. The number of rotatable bonds is 4. The van der Waals surface area contributed by atoms with E-state index in [1.165, 1.54) is 26.4 Å². The van der Waals surface area contributed by atoms with Gasteiger partial charge in [-0.2, -0.15) is 0 Å². The molecule has 6 nitrogen and oxygen atoms in total. The first-order chi connectivity index (χ1) is 10.5. The lowest BCUT2D eigenvalue weighted by molar-refractivity contribution is 0.262. The molecule has 116 valence electrons. The molecule has 2 amide bonds. The van der Waals surface area contributed by atoms with Crippen molar-refractivity contribution in [3.63, 3.8) is 0 Å². The number of hydrogen-bond acceptors (Lipinski definition) is 4. The van der Waals surface area contributed by atoms with Gasteiger partial charge in [-0.15, -0.1) is 0 Å². The van der Waals surface area contributed by atoms with Crippen molar-refractivity contribution in [2.24, 2.45) is 0 Å². The van der Waals surface area contributed by atoms with Gasteiger partial charge in [-0.05, 0) is 18.2 Å². The Labute approximate surface area is 132 Å².